The van der Waals surface area contributed by atoms with Crippen molar-refractivity contribution in [3.63, 3.8) is 0 Å². The normalized spacial score (nSPS) is 17.3. The minimum atomic E-state index is -0.897. The van der Waals surface area contributed by atoms with Crippen molar-refractivity contribution >= 4 is 11.9 Å². The highest BCUT2D eigenvalue weighted by molar-refractivity contribution is 5.84. The third kappa shape index (κ3) is 3.56. The van der Waals surface area contributed by atoms with Crippen molar-refractivity contribution in [1.82, 2.24) is 4.90 Å². The molecule has 1 atom stereocenters. The molecule has 0 aliphatic carbocycles. The lowest BCUT2D eigenvalue weighted by Crippen LogP contribution is -2.47. The molecule has 2 rings (SSSR count). The van der Waals surface area contributed by atoms with E-state index in [9.17, 15) is 14.7 Å². The van der Waals surface area contributed by atoms with Crippen LogP contribution in [0.15, 0.2) is 30.3 Å². The van der Waals surface area contributed by atoms with E-state index in [0.29, 0.717) is 25.8 Å². The Morgan fingerprint density at radius 3 is 2.63 bits per heavy atom. The molecule has 0 aromatic heterocycles. The molecule has 1 aliphatic rings. The molecule has 1 aromatic carbocycles. The first-order valence-corrected chi connectivity index (χ1v) is 6.74. The van der Waals surface area contributed by atoms with Gasteiger partial charge in [0.15, 0.2) is 0 Å². The topological polar surface area (TPSA) is 57.6 Å². The molecule has 0 spiro atoms. The van der Waals surface area contributed by atoms with Gasteiger partial charge in [-0.3, -0.25) is 4.79 Å². The zero-order chi connectivity index (χ0) is 13.7. The Kier molecular flexibility index (Phi) is 4.55. The molecule has 1 fully saturated rings. The standard InChI is InChI=1S/C15H19NO3/c17-14-8-4-5-11-16(14)13(15(18)19)10-9-12-6-2-1-3-7-12/h1-3,6-7,13H,4-5,8-11H2,(H,18,19). The Morgan fingerprint density at radius 1 is 1.26 bits per heavy atom. The summed E-state index contributed by atoms with van der Waals surface area (Å²) in [7, 11) is 0. The monoisotopic (exact) mass is 261 g/mol. The Labute approximate surface area is 113 Å². The van der Waals surface area contributed by atoms with Gasteiger partial charge in [0.25, 0.3) is 0 Å². The van der Waals surface area contributed by atoms with Gasteiger partial charge in [-0.05, 0) is 31.2 Å². The van der Waals surface area contributed by atoms with Gasteiger partial charge in [-0.2, -0.15) is 0 Å². The molecule has 0 radical (unpaired) electrons. The van der Waals surface area contributed by atoms with Gasteiger partial charge in [0.1, 0.15) is 6.04 Å². The molecule has 1 saturated heterocycles. The highest BCUT2D eigenvalue weighted by Crippen LogP contribution is 2.17. The van der Waals surface area contributed by atoms with Crippen molar-refractivity contribution in [1.29, 1.82) is 0 Å². The maximum Gasteiger partial charge on any atom is 0.326 e. The Bertz CT molecular complexity index is 444. The third-order valence-electron chi connectivity index (χ3n) is 3.57. The van der Waals surface area contributed by atoms with Crippen LogP contribution in [-0.4, -0.2) is 34.5 Å². The van der Waals surface area contributed by atoms with Crippen LogP contribution in [0, 0.1) is 0 Å². The van der Waals surface area contributed by atoms with Crippen molar-refractivity contribution in [3.05, 3.63) is 35.9 Å². The van der Waals surface area contributed by atoms with Gasteiger partial charge in [0.05, 0.1) is 0 Å². The lowest BCUT2D eigenvalue weighted by atomic mass is 10.0. The van der Waals surface area contributed by atoms with E-state index in [1.165, 1.54) is 4.90 Å². The Balaban J connectivity index is 2.00. The second-order valence-electron chi connectivity index (χ2n) is 4.92. The molecule has 4 heteroatoms. The van der Waals surface area contributed by atoms with Crippen LogP contribution in [0.25, 0.3) is 0 Å². The average molecular weight is 261 g/mol. The van der Waals surface area contributed by atoms with Crippen molar-refractivity contribution in [2.45, 2.75) is 38.1 Å². The van der Waals surface area contributed by atoms with Crippen LogP contribution in [0.1, 0.15) is 31.2 Å². The number of nitrogens with zero attached hydrogens (tertiary/aromatic N) is 1. The zero-order valence-corrected chi connectivity index (χ0v) is 10.9. The summed E-state index contributed by atoms with van der Waals surface area (Å²) in [4.78, 5) is 24.7. The van der Waals surface area contributed by atoms with Gasteiger partial charge < -0.3 is 10.0 Å². The number of hydrogen-bond donors (Lipinski definition) is 1. The maximum absolute atomic E-state index is 11.8. The van der Waals surface area contributed by atoms with Crippen LogP contribution >= 0.6 is 0 Å². The fraction of sp³-hybridized carbons (Fsp3) is 0.467. The fourth-order valence-electron chi connectivity index (χ4n) is 2.52. The largest absolute Gasteiger partial charge is 0.480 e. The van der Waals surface area contributed by atoms with Crippen LogP contribution in [0.3, 0.4) is 0 Å². The summed E-state index contributed by atoms with van der Waals surface area (Å²) in [6.45, 7) is 0.574. The number of aliphatic carboxylic acids is 1. The quantitative estimate of drug-likeness (QED) is 0.883. The third-order valence-corrected chi connectivity index (χ3v) is 3.57. The van der Waals surface area contributed by atoms with Gasteiger partial charge in [0.2, 0.25) is 5.91 Å². The van der Waals surface area contributed by atoms with E-state index in [1.807, 2.05) is 30.3 Å². The van der Waals surface area contributed by atoms with Gasteiger partial charge in [-0.1, -0.05) is 30.3 Å². The van der Waals surface area contributed by atoms with E-state index in [1.54, 1.807) is 0 Å². The van der Waals surface area contributed by atoms with E-state index >= 15 is 0 Å². The number of carboxylic acids is 1. The second-order valence-corrected chi connectivity index (χ2v) is 4.92. The van der Waals surface area contributed by atoms with E-state index in [4.69, 9.17) is 0 Å². The van der Waals surface area contributed by atoms with Gasteiger partial charge in [0, 0.05) is 13.0 Å². The smallest absolute Gasteiger partial charge is 0.326 e. The minimum absolute atomic E-state index is 0.0216. The van der Waals surface area contributed by atoms with Gasteiger partial charge in [-0.15, -0.1) is 0 Å². The summed E-state index contributed by atoms with van der Waals surface area (Å²) in [5, 5.41) is 9.33. The van der Waals surface area contributed by atoms with Crippen molar-refractivity contribution < 1.29 is 14.7 Å². The number of carbonyl (C=O) groups is 2. The molecule has 4 nitrogen and oxygen atoms in total. The minimum Gasteiger partial charge on any atom is -0.480 e. The van der Waals surface area contributed by atoms with Crippen LogP contribution in [0.2, 0.25) is 0 Å². The molecular formula is C15H19NO3. The SMILES string of the molecule is O=C(O)C(CCc1ccccc1)N1CCCCC1=O. The summed E-state index contributed by atoms with van der Waals surface area (Å²) in [5.74, 6) is -0.919. The zero-order valence-electron chi connectivity index (χ0n) is 10.9. The predicted octanol–water partition coefficient (Wildman–Crippen LogP) is 2.08. The molecule has 19 heavy (non-hydrogen) atoms. The number of amides is 1. The molecule has 1 aliphatic heterocycles. The molecule has 1 heterocycles. The molecule has 0 saturated carbocycles. The number of piperidine rings is 1. The van der Waals surface area contributed by atoms with E-state index in [-0.39, 0.29) is 5.91 Å². The molecule has 0 bridgehead atoms. The molecule has 1 unspecified atom stereocenters. The van der Waals surface area contributed by atoms with Crippen molar-refractivity contribution in [2.75, 3.05) is 6.54 Å². The summed E-state index contributed by atoms with van der Waals surface area (Å²) < 4.78 is 0. The first kappa shape index (κ1) is 13.6. The number of rotatable bonds is 5. The maximum atomic E-state index is 11.8. The number of benzene rings is 1. The second kappa shape index (κ2) is 6.36. The molecule has 1 amide bonds. The van der Waals surface area contributed by atoms with Crippen molar-refractivity contribution in [2.24, 2.45) is 0 Å². The fourth-order valence-corrected chi connectivity index (χ4v) is 2.52. The van der Waals surface area contributed by atoms with E-state index in [2.05, 4.69) is 0 Å². The van der Waals surface area contributed by atoms with Gasteiger partial charge >= 0.3 is 5.97 Å². The van der Waals surface area contributed by atoms with Crippen LogP contribution in [0.4, 0.5) is 0 Å². The Hall–Kier alpha value is -1.84. The highest BCUT2D eigenvalue weighted by Gasteiger charge is 2.30. The lowest BCUT2D eigenvalue weighted by molar-refractivity contribution is -0.151. The average Bonchev–Trinajstić information content (AvgIpc) is 2.42. The summed E-state index contributed by atoms with van der Waals surface area (Å²) >= 11 is 0. The molecule has 102 valence electrons. The number of hydrogen-bond acceptors (Lipinski definition) is 2. The Morgan fingerprint density at radius 2 is 2.00 bits per heavy atom. The first-order chi connectivity index (χ1) is 9.18. The number of carbonyl (C=O) groups excluding carboxylic acids is 1. The van der Waals surface area contributed by atoms with Gasteiger partial charge in [-0.25, -0.2) is 4.79 Å². The first-order valence-electron chi connectivity index (χ1n) is 6.74. The summed E-state index contributed by atoms with van der Waals surface area (Å²) in [6, 6.07) is 9.10. The summed E-state index contributed by atoms with van der Waals surface area (Å²) in [5.41, 5.74) is 1.11. The van der Waals surface area contributed by atoms with Crippen LogP contribution in [-0.2, 0) is 16.0 Å². The van der Waals surface area contributed by atoms with E-state index in [0.717, 1.165) is 18.4 Å². The molecular weight excluding hydrogens is 242 g/mol. The molecule has 1 N–H and O–H groups in total. The lowest BCUT2D eigenvalue weighted by Gasteiger charge is -2.32. The van der Waals surface area contributed by atoms with Crippen molar-refractivity contribution in [3.8, 4) is 0 Å². The summed E-state index contributed by atoms with van der Waals surface area (Å²) in [6.07, 6.45) is 3.42. The number of carboxylic acid groups (broad SMARTS) is 1. The number of likely N-dealkylation sites (tertiary alicyclic amines) is 1. The molecule has 1 aromatic rings. The predicted molar refractivity (Wildman–Crippen MR) is 71.8 cm³/mol. The van der Waals surface area contributed by atoms with Crippen LogP contribution in [0.5, 0.6) is 0 Å². The van der Waals surface area contributed by atoms with E-state index < -0.39 is 12.0 Å². The van der Waals surface area contributed by atoms with Crippen LogP contribution < -0.4 is 0 Å². The number of aryl methyl sites for hydroxylation is 1. The highest BCUT2D eigenvalue weighted by atomic mass is 16.4.